The Morgan fingerprint density at radius 1 is 1.03 bits per heavy atom. The zero-order chi connectivity index (χ0) is 24.8. The van der Waals surface area contributed by atoms with E-state index in [2.05, 4.69) is 0 Å². The molecule has 0 bridgehead atoms. The molecule has 0 saturated carbocycles. The van der Waals surface area contributed by atoms with Gasteiger partial charge >= 0.3 is 0 Å². The van der Waals surface area contributed by atoms with Crippen LogP contribution in [0, 0.1) is 0 Å². The van der Waals surface area contributed by atoms with E-state index in [4.69, 9.17) is 14.2 Å². The smallest absolute Gasteiger partial charge is 0.295 e. The first-order chi connectivity index (χ1) is 16.3. The number of aliphatic hydroxyl groups excluding tert-OH is 1. The van der Waals surface area contributed by atoms with E-state index in [9.17, 15) is 14.7 Å². The van der Waals surface area contributed by atoms with Crippen molar-refractivity contribution in [3.05, 3.63) is 59.2 Å². The van der Waals surface area contributed by atoms with Gasteiger partial charge in [0.05, 0.1) is 32.4 Å². The Kier molecular flexibility index (Phi) is 8.17. The van der Waals surface area contributed by atoms with Crippen molar-refractivity contribution in [2.24, 2.45) is 0 Å². The summed E-state index contributed by atoms with van der Waals surface area (Å²) in [4.78, 5) is 29.6. The van der Waals surface area contributed by atoms with Gasteiger partial charge in [0.15, 0.2) is 11.5 Å². The quantitative estimate of drug-likeness (QED) is 0.324. The maximum atomic E-state index is 13.1. The highest BCUT2D eigenvalue weighted by Crippen LogP contribution is 2.42. The minimum Gasteiger partial charge on any atom is -0.507 e. The van der Waals surface area contributed by atoms with E-state index in [1.807, 2.05) is 25.9 Å². The molecule has 1 atom stereocenters. The van der Waals surface area contributed by atoms with E-state index in [0.717, 1.165) is 6.42 Å². The van der Waals surface area contributed by atoms with Gasteiger partial charge in [0, 0.05) is 18.7 Å². The molecule has 1 saturated heterocycles. The van der Waals surface area contributed by atoms with Crippen LogP contribution in [0.25, 0.3) is 5.76 Å². The van der Waals surface area contributed by atoms with Gasteiger partial charge in [0.25, 0.3) is 11.7 Å². The lowest BCUT2D eigenvalue weighted by Gasteiger charge is -2.27. The summed E-state index contributed by atoms with van der Waals surface area (Å²) in [5.74, 6) is 0.0900. The number of ether oxygens (including phenoxy) is 3. The fourth-order valence-electron chi connectivity index (χ4n) is 3.85. The molecule has 1 aliphatic rings. The van der Waals surface area contributed by atoms with E-state index in [-0.39, 0.29) is 11.3 Å². The van der Waals surface area contributed by atoms with Crippen LogP contribution in [0.15, 0.2) is 48.0 Å². The summed E-state index contributed by atoms with van der Waals surface area (Å²) in [6, 6.07) is 11.2. The van der Waals surface area contributed by atoms with Gasteiger partial charge in [0.2, 0.25) is 0 Å². The lowest BCUT2D eigenvalue weighted by molar-refractivity contribution is -0.140. The van der Waals surface area contributed by atoms with Crippen molar-refractivity contribution in [1.82, 2.24) is 9.80 Å². The van der Waals surface area contributed by atoms with E-state index < -0.39 is 17.7 Å². The van der Waals surface area contributed by atoms with Crippen molar-refractivity contribution in [2.75, 3.05) is 48.0 Å². The number of ketones is 1. The Morgan fingerprint density at radius 2 is 1.74 bits per heavy atom. The zero-order valence-electron chi connectivity index (χ0n) is 20.3. The Hall–Kier alpha value is -3.52. The average molecular weight is 469 g/mol. The molecule has 8 heteroatoms. The maximum absolute atomic E-state index is 13.1. The second-order valence-corrected chi connectivity index (χ2v) is 8.28. The standard InChI is InChI=1S/C26H32N2O6/c1-6-15-34-20-12-9-18(16-21(20)33-5)23-22(24(29)17-7-10-19(32-4)11-8-17)25(30)26(31)28(23)14-13-27(2)3/h7-12,16,23,29H,6,13-15H2,1-5H3/t23-/m0/s1. The number of Topliss-reactive ketones (excluding diaryl/α,β-unsaturated/α-hetero) is 1. The molecule has 0 aliphatic carbocycles. The van der Waals surface area contributed by atoms with Crippen molar-refractivity contribution >= 4 is 17.4 Å². The molecule has 2 aromatic rings. The Bertz CT molecular complexity index is 1060. The summed E-state index contributed by atoms with van der Waals surface area (Å²) < 4.78 is 16.5. The molecule has 3 rings (SSSR count). The summed E-state index contributed by atoms with van der Waals surface area (Å²) in [5, 5.41) is 11.2. The van der Waals surface area contributed by atoms with E-state index in [0.29, 0.717) is 48.1 Å². The molecule has 2 aromatic carbocycles. The van der Waals surface area contributed by atoms with E-state index in [1.54, 1.807) is 49.6 Å². The number of methoxy groups -OCH3 is 2. The molecule has 1 aliphatic heterocycles. The van der Waals surface area contributed by atoms with Crippen molar-refractivity contribution < 1.29 is 28.9 Å². The van der Waals surface area contributed by atoms with Crippen molar-refractivity contribution in [3.8, 4) is 17.2 Å². The Balaban J connectivity index is 2.13. The summed E-state index contributed by atoms with van der Waals surface area (Å²) in [6.45, 7) is 3.42. The number of aliphatic hydroxyl groups is 1. The first-order valence-corrected chi connectivity index (χ1v) is 11.2. The number of benzene rings is 2. The van der Waals surface area contributed by atoms with Gasteiger partial charge < -0.3 is 29.1 Å². The highest BCUT2D eigenvalue weighted by Gasteiger charge is 2.46. The first kappa shape index (κ1) is 25.1. The van der Waals surface area contributed by atoms with Crippen molar-refractivity contribution in [3.63, 3.8) is 0 Å². The van der Waals surface area contributed by atoms with Gasteiger partial charge in [-0.15, -0.1) is 0 Å². The van der Waals surface area contributed by atoms with Gasteiger partial charge in [-0.1, -0.05) is 13.0 Å². The summed E-state index contributed by atoms with van der Waals surface area (Å²) >= 11 is 0. The molecular weight excluding hydrogens is 436 g/mol. The van der Waals surface area contributed by atoms with Crippen LogP contribution in [0.2, 0.25) is 0 Å². The molecule has 8 nitrogen and oxygen atoms in total. The van der Waals surface area contributed by atoms with Crippen molar-refractivity contribution in [1.29, 1.82) is 0 Å². The molecule has 1 N–H and O–H groups in total. The molecule has 0 spiro atoms. The molecule has 1 amide bonds. The number of carbonyl (C=O) groups excluding carboxylic acids is 2. The Labute approximate surface area is 200 Å². The van der Waals surface area contributed by atoms with Gasteiger partial charge in [-0.25, -0.2) is 0 Å². The maximum Gasteiger partial charge on any atom is 0.295 e. The molecule has 1 heterocycles. The topological polar surface area (TPSA) is 88.5 Å². The van der Waals surface area contributed by atoms with Crippen LogP contribution >= 0.6 is 0 Å². The van der Waals surface area contributed by atoms with E-state index >= 15 is 0 Å². The number of carbonyl (C=O) groups is 2. The average Bonchev–Trinajstić information content (AvgIpc) is 3.10. The van der Waals surface area contributed by atoms with Gasteiger partial charge in [-0.05, 0) is 62.5 Å². The van der Waals surface area contributed by atoms with Gasteiger partial charge in [0.1, 0.15) is 11.5 Å². The van der Waals surface area contributed by atoms with Crippen LogP contribution in [-0.2, 0) is 9.59 Å². The molecule has 0 aromatic heterocycles. The fraction of sp³-hybridized carbons (Fsp3) is 0.385. The van der Waals surface area contributed by atoms with Gasteiger partial charge in [-0.3, -0.25) is 9.59 Å². The lowest BCUT2D eigenvalue weighted by atomic mass is 9.95. The predicted molar refractivity (Wildman–Crippen MR) is 129 cm³/mol. The molecule has 0 radical (unpaired) electrons. The van der Waals surface area contributed by atoms with Gasteiger partial charge in [-0.2, -0.15) is 0 Å². The highest BCUT2D eigenvalue weighted by molar-refractivity contribution is 6.46. The van der Waals surface area contributed by atoms with Crippen LogP contribution in [0.1, 0.15) is 30.5 Å². The third-order valence-corrected chi connectivity index (χ3v) is 5.66. The largest absolute Gasteiger partial charge is 0.507 e. The fourth-order valence-corrected chi connectivity index (χ4v) is 3.85. The van der Waals surface area contributed by atoms with Crippen LogP contribution in [0.4, 0.5) is 0 Å². The number of hydrogen-bond acceptors (Lipinski definition) is 7. The molecule has 0 unspecified atom stereocenters. The SMILES string of the molecule is CCCOc1ccc([C@H]2C(=C(O)c3ccc(OC)cc3)C(=O)C(=O)N2CCN(C)C)cc1OC. The van der Waals surface area contributed by atoms with Crippen LogP contribution < -0.4 is 14.2 Å². The predicted octanol–water partition coefficient (Wildman–Crippen LogP) is 3.48. The molecule has 182 valence electrons. The monoisotopic (exact) mass is 468 g/mol. The molecular formula is C26H32N2O6. The number of amides is 1. The zero-order valence-corrected chi connectivity index (χ0v) is 20.3. The molecule has 34 heavy (non-hydrogen) atoms. The normalized spacial score (nSPS) is 17.4. The van der Waals surface area contributed by atoms with Crippen LogP contribution in [0.3, 0.4) is 0 Å². The first-order valence-electron chi connectivity index (χ1n) is 11.2. The minimum atomic E-state index is -0.767. The van der Waals surface area contributed by atoms with E-state index in [1.165, 1.54) is 12.0 Å². The van der Waals surface area contributed by atoms with Crippen LogP contribution in [0.5, 0.6) is 17.2 Å². The second kappa shape index (κ2) is 11.1. The Morgan fingerprint density at radius 3 is 2.32 bits per heavy atom. The minimum absolute atomic E-state index is 0.0400. The number of hydrogen-bond donors (Lipinski definition) is 1. The van der Waals surface area contributed by atoms with Crippen molar-refractivity contribution in [2.45, 2.75) is 19.4 Å². The van der Waals surface area contributed by atoms with Crippen LogP contribution in [-0.4, -0.2) is 74.6 Å². The third kappa shape index (κ3) is 5.17. The number of rotatable bonds is 10. The highest BCUT2D eigenvalue weighted by atomic mass is 16.5. The second-order valence-electron chi connectivity index (χ2n) is 8.28. The lowest BCUT2D eigenvalue weighted by Crippen LogP contribution is -2.35. The third-order valence-electron chi connectivity index (χ3n) is 5.66. The number of nitrogens with zero attached hydrogens (tertiary/aromatic N) is 2. The summed E-state index contributed by atoms with van der Waals surface area (Å²) in [5.41, 5.74) is 1.11. The summed E-state index contributed by atoms with van der Waals surface area (Å²) in [6.07, 6.45) is 0.845. The summed E-state index contributed by atoms with van der Waals surface area (Å²) in [7, 11) is 6.88. The number of likely N-dealkylation sites (N-methyl/N-ethyl adjacent to an activating group) is 1. The number of likely N-dealkylation sites (tertiary alicyclic amines) is 1. The molecule has 1 fully saturated rings.